The van der Waals surface area contributed by atoms with Crippen molar-refractivity contribution in [2.45, 2.75) is 13.5 Å². The van der Waals surface area contributed by atoms with E-state index in [1.807, 2.05) is 6.92 Å². The number of nitro groups is 1. The van der Waals surface area contributed by atoms with Gasteiger partial charge in [0.1, 0.15) is 0 Å². The summed E-state index contributed by atoms with van der Waals surface area (Å²) in [5.41, 5.74) is 0.797. The van der Waals surface area contributed by atoms with E-state index in [-0.39, 0.29) is 5.69 Å². The lowest BCUT2D eigenvalue weighted by Gasteiger charge is -2.07. The molecule has 0 bridgehead atoms. The second-order valence-corrected chi connectivity index (χ2v) is 6.94. The Labute approximate surface area is 131 Å². The molecule has 2 aromatic rings. The van der Waals surface area contributed by atoms with Gasteiger partial charge in [-0.1, -0.05) is 0 Å². The molecular formula is C12H10Br2N2O2S. The summed E-state index contributed by atoms with van der Waals surface area (Å²) in [5.74, 6) is 0. The second-order valence-electron chi connectivity index (χ2n) is 3.89. The fourth-order valence-electron chi connectivity index (χ4n) is 1.55. The molecule has 0 aliphatic carbocycles. The number of non-ortho nitro benzene ring substituents is 1. The molecule has 1 aromatic carbocycles. The Bertz CT molecular complexity index is 609. The number of anilines is 1. The van der Waals surface area contributed by atoms with Crippen molar-refractivity contribution in [3.63, 3.8) is 0 Å². The van der Waals surface area contributed by atoms with Crippen LogP contribution in [-0.2, 0) is 6.54 Å². The highest BCUT2D eigenvalue weighted by Crippen LogP contribution is 2.30. The van der Waals surface area contributed by atoms with Crippen molar-refractivity contribution >= 4 is 54.6 Å². The summed E-state index contributed by atoms with van der Waals surface area (Å²) in [6.07, 6.45) is 0. The molecule has 0 saturated heterocycles. The van der Waals surface area contributed by atoms with Crippen LogP contribution in [0, 0.1) is 17.0 Å². The molecular weight excluding hydrogens is 396 g/mol. The second kappa shape index (κ2) is 6.02. The Hall–Kier alpha value is -0.920. The Morgan fingerprint density at radius 2 is 2.05 bits per heavy atom. The van der Waals surface area contributed by atoms with E-state index in [1.165, 1.54) is 21.9 Å². The van der Waals surface area contributed by atoms with Gasteiger partial charge in [0.05, 0.1) is 10.6 Å². The summed E-state index contributed by atoms with van der Waals surface area (Å²) >= 11 is 8.54. The molecule has 1 heterocycles. The van der Waals surface area contributed by atoms with Gasteiger partial charge in [0, 0.05) is 37.4 Å². The van der Waals surface area contributed by atoms with Crippen LogP contribution >= 0.6 is 43.2 Å². The van der Waals surface area contributed by atoms with Crippen molar-refractivity contribution in [1.29, 1.82) is 0 Å². The highest BCUT2D eigenvalue weighted by atomic mass is 79.9. The van der Waals surface area contributed by atoms with Gasteiger partial charge < -0.3 is 5.32 Å². The number of hydrogen-bond acceptors (Lipinski definition) is 4. The first-order valence-electron chi connectivity index (χ1n) is 5.40. The van der Waals surface area contributed by atoms with Crippen LogP contribution in [-0.4, -0.2) is 4.92 Å². The van der Waals surface area contributed by atoms with E-state index in [0.29, 0.717) is 6.54 Å². The van der Waals surface area contributed by atoms with Crippen LogP contribution in [0.15, 0.2) is 33.2 Å². The molecule has 0 unspecified atom stereocenters. The fourth-order valence-corrected chi connectivity index (χ4v) is 3.48. The Morgan fingerprint density at radius 1 is 1.32 bits per heavy atom. The molecule has 0 aliphatic rings. The third kappa shape index (κ3) is 3.55. The molecule has 0 spiro atoms. The number of nitrogens with one attached hydrogen (secondary N) is 1. The predicted octanol–water partition coefficient (Wildman–Crippen LogP) is 5.10. The quantitative estimate of drug-likeness (QED) is 0.568. The lowest BCUT2D eigenvalue weighted by Crippen LogP contribution is -1.99. The molecule has 0 amide bonds. The number of rotatable bonds is 4. The van der Waals surface area contributed by atoms with E-state index in [2.05, 4.69) is 43.2 Å². The van der Waals surface area contributed by atoms with Crippen LogP contribution in [0.3, 0.4) is 0 Å². The van der Waals surface area contributed by atoms with Crippen molar-refractivity contribution in [2.24, 2.45) is 0 Å². The van der Waals surface area contributed by atoms with Gasteiger partial charge in [0.2, 0.25) is 0 Å². The molecule has 1 N–H and O–H groups in total. The fraction of sp³-hybridized carbons (Fsp3) is 0.167. The average molecular weight is 406 g/mol. The van der Waals surface area contributed by atoms with Gasteiger partial charge in [-0.05, 0) is 50.9 Å². The van der Waals surface area contributed by atoms with E-state index < -0.39 is 4.92 Å². The van der Waals surface area contributed by atoms with Crippen molar-refractivity contribution in [3.05, 3.63) is 53.1 Å². The first-order chi connectivity index (χ1) is 8.97. The van der Waals surface area contributed by atoms with E-state index in [1.54, 1.807) is 17.4 Å². The number of nitrogens with zero attached hydrogens (tertiary/aromatic N) is 1. The molecule has 0 saturated carbocycles. The maximum absolute atomic E-state index is 10.7. The molecule has 0 atom stereocenters. The minimum Gasteiger partial charge on any atom is -0.379 e. The third-order valence-corrected chi connectivity index (χ3v) is 5.35. The van der Waals surface area contributed by atoms with E-state index in [9.17, 15) is 10.1 Å². The Balaban J connectivity index is 2.14. The summed E-state index contributed by atoms with van der Waals surface area (Å²) in [5, 5.41) is 13.9. The summed E-state index contributed by atoms with van der Waals surface area (Å²) in [4.78, 5) is 12.7. The minimum absolute atomic E-state index is 0.0780. The first-order valence-corrected chi connectivity index (χ1v) is 7.80. The van der Waals surface area contributed by atoms with Crippen molar-refractivity contribution in [3.8, 4) is 0 Å². The number of benzene rings is 1. The average Bonchev–Trinajstić information content (AvgIpc) is 2.67. The van der Waals surface area contributed by atoms with Gasteiger partial charge >= 0.3 is 0 Å². The van der Waals surface area contributed by atoms with Gasteiger partial charge in [-0.15, -0.1) is 11.3 Å². The third-order valence-electron chi connectivity index (χ3n) is 2.52. The largest absolute Gasteiger partial charge is 0.379 e. The molecule has 7 heteroatoms. The number of hydrogen-bond donors (Lipinski definition) is 1. The number of nitro benzene ring substituents is 1. The normalized spacial score (nSPS) is 10.5. The zero-order valence-corrected chi connectivity index (χ0v) is 13.9. The van der Waals surface area contributed by atoms with Crippen LogP contribution < -0.4 is 5.32 Å². The van der Waals surface area contributed by atoms with E-state index >= 15 is 0 Å². The van der Waals surface area contributed by atoms with Gasteiger partial charge in [-0.2, -0.15) is 0 Å². The van der Waals surface area contributed by atoms with Crippen molar-refractivity contribution in [1.82, 2.24) is 0 Å². The molecule has 4 nitrogen and oxygen atoms in total. The maximum Gasteiger partial charge on any atom is 0.271 e. The van der Waals surface area contributed by atoms with Crippen LogP contribution in [0.25, 0.3) is 0 Å². The van der Waals surface area contributed by atoms with Crippen molar-refractivity contribution < 1.29 is 4.92 Å². The highest BCUT2D eigenvalue weighted by Gasteiger charge is 2.10. The number of thiophene rings is 1. The smallest absolute Gasteiger partial charge is 0.271 e. The Morgan fingerprint density at radius 3 is 2.63 bits per heavy atom. The van der Waals surface area contributed by atoms with Crippen LogP contribution in [0.1, 0.15) is 9.75 Å². The minimum atomic E-state index is -0.399. The molecule has 19 heavy (non-hydrogen) atoms. The molecule has 1 aromatic heterocycles. The summed E-state index contributed by atoms with van der Waals surface area (Å²) in [7, 11) is 0. The zero-order chi connectivity index (χ0) is 14.0. The topological polar surface area (TPSA) is 55.2 Å². The summed E-state index contributed by atoms with van der Waals surface area (Å²) in [6, 6.07) is 6.73. The lowest BCUT2D eigenvalue weighted by molar-refractivity contribution is -0.384. The summed E-state index contributed by atoms with van der Waals surface area (Å²) in [6.45, 7) is 2.68. The maximum atomic E-state index is 10.7. The Kier molecular flexibility index (Phi) is 4.59. The van der Waals surface area contributed by atoms with Crippen LogP contribution in [0.2, 0.25) is 0 Å². The standard InChI is InChI=1S/C12H10Br2N2O2S/c1-7-11(14)5-9(19-7)6-15-12-4-8(16(17)18)2-3-10(12)13/h2-5,15H,6H2,1H3. The van der Waals surface area contributed by atoms with Crippen molar-refractivity contribution in [2.75, 3.05) is 5.32 Å². The molecule has 0 radical (unpaired) electrons. The summed E-state index contributed by atoms with van der Waals surface area (Å²) < 4.78 is 1.90. The van der Waals surface area contributed by atoms with Gasteiger partial charge in [0.15, 0.2) is 0 Å². The molecule has 0 fully saturated rings. The highest BCUT2D eigenvalue weighted by molar-refractivity contribution is 9.11. The lowest BCUT2D eigenvalue weighted by atomic mass is 10.3. The monoisotopic (exact) mass is 404 g/mol. The number of halogens is 2. The molecule has 100 valence electrons. The van der Waals surface area contributed by atoms with Crippen LogP contribution in [0.4, 0.5) is 11.4 Å². The van der Waals surface area contributed by atoms with E-state index in [4.69, 9.17) is 0 Å². The van der Waals surface area contributed by atoms with Crippen LogP contribution in [0.5, 0.6) is 0 Å². The first kappa shape index (κ1) is 14.5. The van der Waals surface area contributed by atoms with E-state index in [0.717, 1.165) is 14.6 Å². The van der Waals surface area contributed by atoms with Gasteiger partial charge in [0.25, 0.3) is 5.69 Å². The number of aryl methyl sites for hydroxylation is 1. The predicted molar refractivity (Wildman–Crippen MR) is 84.9 cm³/mol. The molecule has 2 rings (SSSR count). The molecule has 0 aliphatic heterocycles. The SMILES string of the molecule is Cc1sc(CNc2cc([N+](=O)[O-])ccc2Br)cc1Br. The van der Waals surface area contributed by atoms with Gasteiger partial charge in [-0.25, -0.2) is 0 Å². The van der Waals surface area contributed by atoms with Gasteiger partial charge in [-0.3, -0.25) is 10.1 Å². The zero-order valence-electron chi connectivity index (χ0n) is 9.94.